The molecule has 3 nitrogen and oxygen atoms in total. The van der Waals surface area contributed by atoms with Gasteiger partial charge < -0.3 is 5.73 Å². The number of hydrogen-bond donors (Lipinski definition) is 1. The second-order valence-corrected chi connectivity index (χ2v) is 5.92. The van der Waals surface area contributed by atoms with Crippen molar-refractivity contribution in [2.45, 2.75) is 9.79 Å². The number of halogens is 1. The Bertz CT molecular complexity index is 664. The van der Waals surface area contributed by atoms with Crippen molar-refractivity contribution in [3.05, 3.63) is 52.5 Å². The van der Waals surface area contributed by atoms with E-state index in [1.54, 1.807) is 36.4 Å². The molecule has 2 aromatic rings. The van der Waals surface area contributed by atoms with Crippen molar-refractivity contribution in [1.82, 2.24) is 0 Å². The van der Waals surface area contributed by atoms with Crippen LogP contribution in [0.15, 0.2) is 56.7 Å². The molecule has 90 valence electrons. The van der Waals surface area contributed by atoms with Gasteiger partial charge in [-0.25, -0.2) is 4.21 Å². The quantitative estimate of drug-likeness (QED) is 0.865. The van der Waals surface area contributed by atoms with Crippen LogP contribution in [-0.4, -0.2) is 4.21 Å². The van der Waals surface area contributed by atoms with Crippen LogP contribution >= 0.6 is 15.9 Å². The maximum absolute atomic E-state index is 12.4. The zero-order valence-electron chi connectivity index (χ0n) is 9.26. The zero-order valence-corrected chi connectivity index (χ0v) is 11.7. The Morgan fingerprint density at radius 1 is 1.22 bits per heavy atom. The summed E-state index contributed by atoms with van der Waals surface area (Å²) in [5, 5.41) is 9.08. The first-order valence-corrected chi connectivity index (χ1v) is 7.03. The van der Waals surface area contributed by atoms with Crippen molar-refractivity contribution < 1.29 is 4.21 Å². The highest BCUT2D eigenvalue weighted by atomic mass is 79.9. The van der Waals surface area contributed by atoms with E-state index >= 15 is 0 Å². The molecule has 0 aromatic heterocycles. The van der Waals surface area contributed by atoms with Crippen molar-refractivity contribution >= 4 is 32.4 Å². The predicted molar refractivity (Wildman–Crippen MR) is 74.4 cm³/mol. The van der Waals surface area contributed by atoms with Gasteiger partial charge in [0.05, 0.1) is 26.9 Å². The van der Waals surface area contributed by atoms with Crippen LogP contribution in [0.3, 0.4) is 0 Å². The largest absolute Gasteiger partial charge is 0.398 e. The molecule has 0 fully saturated rings. The molecule has 0 unspecified atom stereocenters. The van der Waals surface area contributed by atoms with Crippen LogP contribution in [0.4, 0.5) is 5.69 Å². The molecule has 2 rings (SSSR count). The highest BCUT2D eigenvalue weighted by Gasteiger charge is 2.14. The summed E-state index contributed by atoms with van der Waals surface area (Å²) in [7, 11) is -1.41. The van der Waals surface area contributed by atoms with Gasteiger partial charge in [0, 0.05) is 9.37 Å². The fraction of sp³-hybridized carbons (Fsp3) is 0. The minimum Gasteiger partial charge on any atom is -0.398 e. The molecule has 2 N–H and O–H groups in total. The van der Waals surface area contributed by atoms with E-state index in [1.807, 2.05) is 12.1 Å². The van der Waals surface area contributed by atoms with Crippen molar-refractivity contribution in [2.75, 3.05) is 5.73 Å². The Labute approximate surface area is 116 Å². The number of benzene rings is 2. The van der Waals surface area contributed by atoms with Crippen molar-refractivity contribution in [2.24, 2.45) is 0 Å². The minimum absolute atomic E-state index is 0.274. The average molecular weight is 321 g/mol. The number of nitrogens with zero attached hydrogens (tertiary/aromatic N) is 1. The first kappa shape index (κ1) is 12.8. The third-order valence-corrected chi connectivity index (χ3v) is 4.30. The third-order valence-electron chi connectivity index (χ3n) is 2.38. The van der Waals surface area contributed by atoms with E-state index < -0.39 is 10.8 Å². The lowest BCUT2D eigenvalue weighted by atomic mass is 10.2. The lowest BCUT2D eigenvalue weighted by molar-refractivity contribution is 0.683. The van der Waals surface area contributed by atoms with E-state index in [0.717, 1.165) is 4.47 Å². The molecule has 0 saturated carbocycles. The van der Waals surface area contributed by atoms with E-state index in [9.17, 15) is 4.21 Å². The van der Waals surface area contributed by atoms with Gasteiger partial charge >= 0.3 is 0 Å². The summed E-state index contributed by atoms with van der Waals surface area (Å²) in [5.41, 5.74) is 6.33. The average Bonchev–Trinajstić information content (AvgIpc) is 2.37. The fourth-order valence-electron chi connectivity index (χ4n) is 1.53. The molecule has 18 heavy (non-hydrogen) atoms. The van der Waals surface area contributed by atoms with Gasteiger partial charge in [0.15, 0.2) is 0 Å². The normalized spacial score (nSPS) is 11.8. The molecule has 0 heterocycles. The van der Waals surface area contributed by atoms with Crippen molar-refractivity contribution in [3.63, 3.8) is 0 Å². The Morgan fingerprint density at radius 3 is 2.61 bits per heavy atom. The molecule has 0 saturated heterocycles. The smallest absolute Gasteiger partial charge is 0.103 e. The number of anilines is 1. The number of nitrogens with two attached hydrogens (primary N) is 1. The van der Waals surface area contributed by atoms with Crippen molar-refractivity contribution in [3.8, 4) is 6.07 Å². The number of rotatable bonds is 2. The summed E-state index contributed by atoms with van der Waals surface area (Å²) in [5.74, 6) is 0. The van der Waals surface area contributed by atoms with Crippen LogP contribution in [0, 0.1) is 11.3 Å². The maximum Gasteiger partial charge on any atom is 0.103 e. The molecule has 0 aliphatic carbocycles. The minimum atomic E-state index is -1.41. The van der Waals surface area contributed by atoms with Gasteiger partial charge in [-0.2, -0.15) is 5.26 Å². The second-order valence-electron chi connectivity index (χ2n) is 3.56. The monoisotopic (exact) mass is 320 g/mol. The Kier molecular flexibility index (Phi) is 3.80. The molecule has 0 aliphatic heterocycles. The second kappa shape index (κ2) is 5.34. The Balaban J connectivity index is 2.54. The van der Waals surface area contributed by atoms with Gasteiger partial charge in [0.2, 0.25) is 0 Å². The summed E-state index contributed by atoms with van der Waals surface area (Å²) in [6, 6.07) is 14.2. The molecule has 0 bridgehead atoms. The van der Waals surface area contributed by atoms with Crippen LogP contribution in [0.5, 0.6) is 0 Å². The standard InChI is InChI=1S/C13H9BrN2OS/c14-9-3-1-4-10(7-9)18(17)13-6-2-5-12(16)11(13)8-15/h1-7H,16H2/t18-/m1/s1. The zero-order chi connectivity index (χ0) is 13.1. The van der Waals surface area contributed by atoms with E-state index in [0.29, 0.717) is 15.5 Å². The lowest BCUT2D eigenvalue weighted by Gasteiger charge is -2.06. The Morgan fingerprint density at radius 2 is 1.94 bits per heavy atom. The highest BCUT2D eigenvalue weighted by molar-refractivity contribution is 9.10. The summed E-state index contributed by atoms with van der Waals surface area (Å²) in [4.78, 5) is 1.07. The SMILES string of the molecule is N#Cc1c(N)cccc1[S@](=O)c1cccc(Br)c1. The molecule has 0 aliphatic rings. The number of nitrogen functional groups attached to an aromatic ring is 1. The predicted octanol–water partition coefficient (Wildman–Crippen LogP) is 3.07. The summed E-state index contributed by atoms with van der Waals surface area (Å²) in [6.45, 7) is 0. The molecule has 0 radical (unpaired) electrons. The van der Waals surface area contributed by atoms with Crippen LogP contribution in [0.2, 0.25) is 0 Å². The van der Waals surface area contributed by atoms with Gasteiger partial charge in [-0.05, 0) is 30.3 Å². The lowest BCUT2D eigenvalue weighted by Crippen LogP contribution is -2.00. The summed E-state index contributed by atoms with van der Waals surface area (Å²) in [6.07, 6.45) is 0. The van der Waals surface area contributed by atoms with Crippen LogP contribution < -0.4 is 5.73 Å². The van der Waals surface area contributed by atoms with E-state index in [4.69, 9.17) is 11.0 Å². The van der Waals surface area contributed by atoms with E-state index in [-0.39, 0.29) is 5.56 Å². The molecule has 1 atom stereocenters. The highest BCUT2D eigenvalue weighted by Crippen LogP contribution is 2.25. The number of nitriles is 1. The molecule has 0 spiro atoms. The van der Waals surface area contributed by atoms with Crippen LogP contribution in [0.1, 0.15) is 5.56 Å². The summed E-state index contributed by atoms with van der Waals surface area (Å²) >= 11 is 3.33. The third kappa shape index (κ3) is 2.45. The van der Waals surface area contributed by atoms with E-state index in [1.165, 1.54) is 0 Å². The van der Waals surface area contributed by atoms with Gasteiger partial charge in [-0.1, -0.05) is 28.1 Å². The first-order valence-electron chi connectivity index (χ1n) is 5.09. The first-order chi connectivity index (χ1) is 8.63. The topological polar surface area (TPSA) is 66.9 Å². The summed E-state index contributed by atoms with van der Waals surface area (Å²) < 4.78 is 13.3. The van der Waals surface area contributed by atoms with Gasteiger partial charge in [0.25, 0.3) is 0 Å². The molecular weight excluding hydrogens is 312 g/mol. The fourth-order valence-corrected chi connectivity index (χ4v) is 3.32. The molecule has 5 heteroatoms. The van der Waals surface area contributed by atoms with Gasteiger partial charge in [-0.15, -0.1) is 0 Å². The van der Waals surface area contributed by atoms with Crippen LogP contribution in [0.25, 0.3) is 0 Å². The Hall–Kier alpha value is -1.64. The maximum atomic E-state index is 12.4. The van der Waals surface area contributed by atoms with Gasteiger partial charge in [0.1, 0.15) is 6.07 Å². The molecular formula is C13H9BrN2OS. The molecule has 0 amide bonds. The number of hydrogen-bond acceptors (Lipinski definition) is 3. The van der Waals surface area contributed by atoms with Gasteiger partial charge in [-0.3, -0.25) is 0 Å². The van der Waals surface area contributed by atoms with Crippen LogP contribution in [-0.2, 0) is 10.8 Å². The molecule has 2 aromatic carbocycles. The van der Waals surface area contributed by atoms with Crippen molar-refractivity contribution in [1.29, 1.82) is 5.26 Å². The van der Waals surface area contributed by atoms with E-state index in [2.05, 4.69) is 15.9 Å².